The van der Waals surface area contributed by atoms with E-state index in [1.54, 1.807) is 17.1 Å². The van der Waals surface area contributed by atoms with E-state index in [1.165, 1.54) is 146 Å². The summed E-state index contributed by atoms with van der Waals surface area (Å²) in [6, 6.07) is 11.5. The second-order valence-corrected chi connectivity index (χ2v) is 22.0. The first-order chi connectivity index (χ1) is 32.5. The summed E-state index contributed by atoms with van der Waals surface area (Å²) >= 11 is 0. The van der Waals surface area contributed by atoms with Crippen LogP contribution < -0.4 is 0 Å². The number of rotatable bonds is 3. The molecule has 0 amide bonds. The molecule has 6 saturated carbocycles. The van der Waals surface area contributed by atoms with E-state index in [1.807, 2.05) is 6.20 Å². The van der Waals surface area contributed by atoms with Crippen molar-refractivity contribution in [2.75, 3.05) is 26.1 Å². The third-order valence-corrected chi connectivity index (χ3v) is 18.3. The van der Waals surface area contributed by atoms with Crippen molar-refractivity contribution in [2.45, 2.75) is 165 Å². The Morgan fingerprint density at radius 3 is 1.98 bits per heavy atom. The highest BCUT2D eigenvalue weighted by molar-refractivity contribution is 5.99. The third kappa shape index (κ3) is 7.34. The van der Waals surface area contributed by atoms with Gasteiger partial charge in [0, 0.05) is 86.0 Å². The molecule has 12 heterocycles. The number of hydrogen-bond acceptors (Lipinski definition) is 0. The Balaban J connectivity index is 0.0000000802. The zero-order chi connectivity index (χ0) is 44.0. The van der Waals surface area contributed by atoms with Gasteiger partial charge in [0.05, 0.1) is 1.37 Å². The van der Waals surface area contributed by atoms with Crippen LogP contribution in [0, 0.1) is 41.4 Å². The van der Waals surface area contributed by atoms with Crippen LogP contribution in [0.1, 0.15) is 162 Å². The van der Waals surface area contributed by atoms with Crippen molar-refractivity contribution >= 4 is 23.9 Å². The molecule has 0 bridgehead atoms. The number of hydrogen-bond donors (Lipinski definition) is 0. The molecule has 8 fully saturated rings. The fraction of sp³-hybridized carbons (Fsp3) is 0.649. The third-order valence-electron chi connectivity index (χ3n) is 18.3. The van der Waals surface area contributed by atoms with Gasteiger partial charge in [-0.1, -0.05) is 57.8 Å². The van der Waals surface area contributed by atoms with Crippen LogP contribution in [0.25, 0.3) is 0 Å². The predicted octanol–water partition coefficient (Wildman–Crippen LogP) is 10.7. The van der Waals surface area contributed by atoms with Crippen LogP contribution >= 0.6 is 0 Å². The number of nitrogens with zero attached hydrogens (tertiary/aromatic N) is 6. The van der Waals surface area contributed by atoms with E-state index in [-0.39, 0.29) is 19.6 Å². The molecule has 0 spiro atoms. The van der Waals surface area contributed by atoms with Crippen LogP contribution in [0.2, 0.25) is 0 Å². The molecule has 6 aliphatic carbocycles. The molecule has 0 radical (unpaired) electrons. The van der Waals surface area contributed by atoms with Gasteiger partial charge in [-0.05, 0) is 111 Å². The Hall–Kier alpha value is -3.80. The van der Waals surface area contributed by atoms with Gasteiger partial charge in [-0.2, -0.15) is 0 Å². The number of allylic oxidation sites excluding steroid dienone is 4. The summed E-state index contributed by atoms with van der Waals surface area (Å²) in [5, 5.41) is 0. The van der Waals surface area contributed by atoms with Crippen molar-refractivity contribution in [2.24, 2.45) is 41.4 Å². The van der Waals surface area contributed by atoms with Gasteiger partial charge in [-0.15, -0.1) is 0 Å². The Kier molecular flexibility index (Phi) is 9.58. The monoisotopic (exact) mass is 848 g/mol. The fourth-order valence-corrected chi connectivity index (χ4v) is 14.4. The lowest BCUT2D eigenvalue weighted by atomic mass is 9.75. The molecule has 10 aliphatic heterocycles. The highest BCUT2D eigenvalue weighted by atomic mass is 15.2. The van der Waals surface area contributed by atoms with Crippen molar-refractivity contribution < 1.29 is 22.4 Å². The van der Waals surface area contributed by atoms with Crippen LogP contribution in [0.3, 0.4) is 0 Å². The Labute approximate surface area is 382 Å². The Morgan fingerprint density at radius 2 is 1.22 bits per heavy atom. The molecule has 12 unspecified atom stereocenters. The predicted molar refractivity (Wildman–Crippen MR) is 255 cm³/mol. The molecule has 12 atom stereocenters. The van der Waals surface area contributed by atoms with Crippen LogP contribution in [0.4, 0.5) is 0 Å². The van der Waals surface area contributed by atoms with Gasteiger partial charge in [0.25, 0.3) is 0 Å². The topological polar surface area (TPSA) is 21.9 Å². The summed E-state index contributed by atoms with van der Waals surface area (Å²) in [5.74, 6) is 7.13. The van der Waals surface area contributed by atoms with E-state index in [0.29, 0.717) is 17.8 Å². The van der Waals surface area contributed by atoms with E-state index >= 15 is 0 Å². The van der Waals surface area contributed by atoms with Gasteiger partial charge in [-0.3, -0.25) is 0 Å². The van der Waals surface area contributed by atoms with Crippen molar-refractivity contribution in [3.05, 3.63) is 95.9 Å². The number of aromatic nitrogens is 2. The molecule has 63 heavy (non-hydrogen) atoms. The molecule has 2 aromatic heterocycles. The maximum absolute atomic E-state index is 8.10. The van der Waals surface area contributed by atoms with E-state index in [4.69, 9.17) is 4.11 Å². The quantitative estimate of drug-likeness (QED) is 0.275. The minimum atomic E-state index is 0.0168. The second kappa shape index (κ2) is 16.6. The first-order valence-corrected chi connectivity index (χ1v) is 26.4. The van der Waals surface area contributed by atoms with E-state index in [0.717, 1.165) is 66.6 Å². The lowest BCUT2D eigenvalue weighted by molar-refractivity contribution is -0.551. The molecule has 16 aliphatic rings. The van der Waals surface area contributed by atoms with E-state index in [2.05, 4.69) is 107 Å². The van der Waals surface area contributed by atoms with Crippen molar-refractivity contribution in [1.82, 2.24) is 9.13 Å². The van der Waals surface area contributed by atoms with E-state index < -0.39 is 0 Å². The average Bonchev–Trinajstić information content (AvgIpc) is 3.95. The summed E-state index contributed by atoms with van der Waals surface area (Å²) in [6.45, 7) is 2.33. The van der Waals surface area contributed by atoms with Crippen LogP contribution in [0.15, 0.2) is 84.5 Å². The summed E-state index contributed by atoms with van der Waals surface area (Å²) in [7, 11) is 0. The molecule has 0 N–H and O–H groups in total. The minimum Gasteiger partial charge on any atom is -0.350 e. The SMILES string of the molecule is C1=C2C3CC3[N+]2=CC1.C1=CC2=[N+](C1)C1CC21.[2H]C1C(C2CCCCC2)C2=CCC=[N+]21.[2H]C1C(C2CCCCC2)C2=[N+]1CC=C2.[2H]C1C(C2CCCCC2)c2cccn21.c1cc2n(c1)C1CC21. The van der Waals surface area contributed by atoms with Crippen molar-refractivity contribution in [3.8, 4) is 0 Å². The molecule has 0 aromatic carbocycles. The van der Waals surface area contributed by atoms with Crippen LogP contribution in [-0.2, 0) is 6.52 Å². The summed E-state index contributed by atoms with van der Waals surface area (Å²) < 4.78 is 38.1. The fourth-order valence-electron chi connectivity index (χ4n) is 14.4. The Bertz CT molecular complexity index is 2400. The molecule has 18 rings (SSSR count). The Morgan fingerprint density at radius 1 is 0.556 bits per heavy atom. The van der Waals surface area contributed by atoms with Crippen molar-refractivity contribution in [3.63, 3.8) is 0 Å². The molecule has 6 heteroatoms. The standard InChI is InChI=1S/2C12H18N.C12H17N.2C7H8N.C7H7N/c3*1-2-5-10(6-3-1)11-9-13-8-4-7-12(11)13;3*1-2-6-5-4-7(5)8(6)3-1/h7-8,10-11H,1-6,9H2;4,7,10-11H,1-3,5-6,8-9H2;4,7-8,10-11H,1-3,5-6,9H2;2-3,5,7H,1,4H2;1-2,5,7H,3-4H2;1-3,5,7H,4H2/q2*+1;;2*+1;/i3*9D;;;. The summed E-state index contributed by atoms with van der Waals surface area (Å²) in [6.07, 6.45) is 49.8. The van der Waals surface area contributed by atoms with Gasteiger partial charge >= 0.3 is 0 Å². The molecule has 6 nitrogen and oxygen atoms in total. The van der Waals surface area contributed by atoms with Gasteiger partial charge in [-0.25, -0.2) is 18.3 Å². The summed E-state index contributed by atoms with van der Waals surface area (Å²) in [4.78, 5) is 0. The van der Waals surface area contributed by atoms with Gasteiger partial charge in [0.15, 0.2) is 61.0 Å². The summed E-state index contributed by atoms with van der Waals surface area (Å²) in [5.41, 5.74) is 9.16. The second-order valence-electron chi connectivity index (χ2n) is 22.0. The molecular weight excluding hydrogens is 769 g/mol. The zero-order valence-electron chi connectivity index (χ0n) is 41.0. The molecular formula is C57H76N6+4. The van der Waals surface area contributed by atoms with Crippen LogP contribution in [-0.4, -0.2) is 89.5 Å². The van der Waals surface area contributed by atoms with Gasteiger partial charge in [0.1, 0.15) is 38.8 Å². The smallest absolute Gasteiger partial charge is 0.187 e. The van der Waals surface area contributed by atoms with E-state index in [9.17, 15) is 0 Å². The largest absolute Gasteiger partial charge is 0.350 e. The maximum Gasteiger partial charge on any atom is 0.187 e. The van der Waals surface area contributed by atoms with Crippen LogP contribution in [0.5, 0.6) is 0 Å². The highest BCUT2D eigenvalue weighted by Gasteiger charge is 2.65. The zero-order valence-corrected chi connectivity index (χ0v) is 38.0. The molecule has 2 aromatic rings. The van der Waals surface area contributed by atoms with Gasteiger partial charge in [0.2, 0.25) is 0 Å². The van der Waals surface area contributed by atoms with Gasteiger partial charge < -0.3 is 9.13 Å². The normalized spacial score (nSPS) is 40.2. The average molecular weight is 848 g/mol. The lowest BCUT2D eigenvalue weighted by Crippen LogP contribution is -2.45. The minimum absolute atomic E-state index is 0.0168. The number of fused-ring (bicyclic) bond motifs is 13. The first kappa shape index (κ1) is 36.4. The molecule has 330 valence electrons. The maximum atomic E-state index is 8.10. The lowest BCUT2D eigenvalue weighted by Gasteiger charge is -2.38. The molecule has 2 saturated heterocycles. The highest BCUT2D eigenvalue weighted by Crippen LogP contribution is 2.60. The van der Waals surface area contributed by atoms with Crippen molar-refractivity contribution in [1.29, 1.82) is 0 Å². The first-order valence-electron chi connectivity index (χ1n) is 28.1.